The summed E-state index contributed by atoms with van der Waals surface area (Å²) < 4.78 is 17.1. The van der Waals surface area contributed by atoms with E-state index < -0.39 is 29.2 Å². The van der Waals surface area contributed by atoms with Crippen LogP contribution >= 0.6 is 11.6 Å². The number of halogens is 1. The van der Waals surface area contributed by atoms with Gasteiger partial charge in [0, 0.05) is 24.4 Å². The molecular weight excluding hydrogens is 620 g/mol. The first-order chi connectivity index (χ1) is 22.4. The van der Waals surface area contributed by atoms with Gasteiger partial charge in [0.05, 0.1) is 18.1 Å². The van der Waals surface area contributed by atoms with E-state index in [4.69, 9.17) is 25.8 Å². The molecule has 0 aromatic heterocycles. The fraction of sp³-hybridized carbons (Fsp3) is 0.514. The number of carbonyl (C=O) groups excluding carboxylic acids is 4. The Bertz CT molecular complexity index is 1530. The van der Waals surface area contributed by atoms with Crippen LogP contribution in [0.4, 0.5) is 4.79 Å². The lowest BCUT2D eigenvalue weighted by Crippen LogP contribution is -2.56. The second-order valence-corrected chi connectivity index (χ2v) is 14.2. The van der Waals surface area contributed by atoms with Crippen LogP contribution in [-0.2, 0) is 36.8 Å². The average molecular weight is 665 g/mol. The van der Waals surface area contributed by atoms with Crippen molar-refractivity contribution in [3.05, 3.63) is 70.8 Å². The number of nitrogens with zero attached hydrogens (tertiary/aromatic N) is 1. The van der Waals surface area contributed by atoms with E-state index in [0.29, 0.717) is 35.8 Å². The number of Topliss-reactive ketones (excluding diaryl/α,β-unsaturated/α-hetero) is 1. The predicted molar refractivity (Wildman–Crippen MR) is 178 cm³/mol. The molecular formula is C37H45ClN2O7. The number of carbonyl (C=O) groups is 4. The molecule has 0 bridgehead atoms. The molecule has 4 atom stereocenters. The molecule has 2 aromatic carbocycles. The van der Waals surface area contributed by atoms with Crippen LogP contribution in [0.15, 0.2) is 54.6 Å². The Morgan fingerprint density at radius 1 is 1.04 bits per heavy atom. The van der Waals surface area contributed by atoms with Gasteiger partial charge in [-0.05, 0) is 101 Å². The monoisotopic (exact) mass is 664 g/mol. The molecule has 0 saturated heterocycles. The third kappa shape index (κ3) is 8.55. The summed E-state index contributed by atoms with van der Waals surface area (Å²) in [6.45, 7) is 7.45. The summed E-state index contributed by atoms with van der Waals surface area (Å²) in [5.41, 5.74) is 0.0698. The van der Waals surface area contributed by atoms with Gasteiger partial charge in [0.15, 0.2) is 5.78 Å². The highest BCUT2D eigenvalue weighted by Gasteiger charge is 2.61. The summed E-state index contributed by atoms with van der Waals surface area (Å²) in [5.74, 6) is 0.147. The van der Waals surface area contributed by atoms with Gasteiger partial charge < -0.3 is 24.4 Å². The van der Waals surface area contributed by atoms with Gasteiger partial charge in [-0.2, -0.15) is 0 Å². The van der Waals surface area contributed by atoms with Gasteiger partial charge in [-0.15, -0.1) is 0 Å². The Labute approximate surface area is 282 Å². The van der Waals surface area contributed by atoms with Crippen molar-refractivity contribution >= 4 is 35.4 Å². The number of hydrogen-bond donors (Lipinski definition) is 1. The zero-order chi connectivity index (χ0) is 33.8. The molecule has 1 fully saturated rings. The Balaban J connectivity index is 1.48. The summed E-state index contributed by atoms with van der Waals surface area (Å²) in [6, 6.07) is 11.0. The minimum absolute atomic E-state index is 0.0342. The lowest BCUT2D eigenvalue weighted by Gasteiger charge is -2.39. The number of amides is 2. The fourth-order valence-corrected chi connectivity index (χ4v) is 6.74. The van der Waals surface area contributed by atoms with Crippen LogP contribution in [0.5, 0.6) is 11.5 Å². The molecule has 0 spiro atoms. The maximum atomic E-state index is 14.4. The van der Waals surface area contributed by atoms with Crippen LogP contribution in [-0.4, -0.2) is 52.9 Å². The number of hydrogen-bond acceptors (Lipinski definition) is 7. The summed E-state index contributed by atoms with van der Waals surface area (Å²) in [6.07, 6.45) is 7.91. The highest BCUT2D eigenvalue weighted by molar-refractivity contribution is 6.30. The number of fused-ring (bicyclic) bond motifs is 3. The quantitative estimate of drug-likeness (QED) is 0.263. The first kappa shape index (κ1) is 34.5. The van der Waals surface area contributed by atoms with E-state index in [9.17, 15) is 19.2 Å². The van der Waals surface area contributed by atoms with Gasteiger partial charge in [0.2, 0.25) is 5.91 Å². The Hall–Kier alpha value is -3.85. The van der Waals surface area contributed by atoms with E-state index >= 15 is 0 Å². The molecule has 2 heterocycles. The zero-order valence-electron chi connectivity index (χ0n) is 27.7. The fourth-order valence-electron chi connectivity index (χ4n) is 6.56. The largest absolute Gasteiger partial charge is 0.466 e. The van der Waals surface area contributed by atoms with Crippen molar-refractivity contribution in [1.29, 1.82) is 0 Å². The van der Waals surface area contributed by atoms with Crippen LogP contribution in [0.1, 0.15) is 83.8 Å². The van der Waals surface area contributed by atoms with E-state index in [1.165, 1.54) is 0 Å². The normalized spacial score (nSPS) is 25.6. The first-order valence-electron chi connectivity index (χ1n) is 16.6. The standard InChI is InChI=1S/C37H45ClN2O7/c1-5-45-34(43)37-21-26(37)12-9-7-6-8-10-15-30(39-35(44)47-36(2,3)4)33(42)40-23-24-16-17-29(46-28-14-11-13-27(38)20-28)18-25(24)19-31(40)32(41)22-37/h9,11-14,16-18,20,26,30-31H,5-8,10,15,19,21-23H2,1-4H3,(H,39,44)/b12-9-/t26-,30?,31?,37-/m1/s1. The summed E-state index contributed by atoms with van der Waals surface area (Å²) in [5, 5.41) is 3.36. The lowest BCUT2D eigenvalue weighted by atomic mass is 9.86. The van der Waals surface area contributed by atoms with E-state index in [2.05, 4.69) is 17.5 Å². The molecule has 3 aliphatic rings. The number of ketones is 1. The Kier molecular flexibility index (Phi) is 10.6. The molecule has 1 saturated carbocycles. The molecule has 1 N–H and O–H groups in total. The number of alkyl carbamates (subject to hydrolysis) is 1. The van der Waals surface area contributed by atoms with Gasteiger partial charge in [-0.1, -0.05) is 48.7 Å². The van der Waals surface area contributed by atoms with Crippen molar-refractivity contribution in [2.75, 3.05) is 6.61 Å². The van der Waals surface area contributed by atoms with E-state index in [-0.39, 0.29) is 49.6 Å². The van der Waals surface area contributed by atoms with Gasteiger partial charge in [-0.3, -0.25) is 14.4 Å². The third-order valence-electron chi connectivity index (χ3n) is 9.02. The minimum atomic E-state index is -0.940. The van der Waals surface area contributed by atoms with Crippen LogP contribution in [0.2, 0.25) is 5.02 Å². The average Bonchev–Trinajstić information content (AvgIpc) is 3.71. The Morgan fingerprint density at radius 2 is 1.83 bits per heavy atom. The smallest absolute Gasteiger partial charge is 0.408 e. The summed E-state index contributed by atoms with van der Waals surface area (Å²) in [4.78, 5) is 56.5. The van der Waals surface area contributed by atoms with Crippen molar-refractivity contribution < 1.29 is 33.4 Å². The molecule has 2 aliphatic heterocycles. The van der Waals surface area contributed by atoms with Crippen molar-refractivity contribution in [3.8, 4) is 11.5 Å². The second kappa shape index (κ2) is 14.5. The number of rotatable bonds is 5. The van der Waals surface area contributed by atoms with Crippen molar-refractivity contribution in [3.63, 3.8) is 0 Å². The van der Waals surface area contributed by atoms with Crippen LogP contribution < -0.4 is 10.1 Å². The molecule has 5 rings (SSSR count). The maximum absolute atomic E-state index is 14.4. The van der Waals surface area contributed by atoms with Gasteiger partial charge >= 0.3 is 12.1 Å². The minimum Gasteiger partial charge on any atom is -0.466 e. The molecule has 1 aliphatic carbocycles. The number of esters is 1. The van der Waals surface area contributed by atoms with Crippen molar-refractivity contribution in [2.45, 2.75) is 103 Å². The molecule has 47 heavy (non-hydrogen) atoms. The van der Waals surface area contributed by atoms with Gasteiger partial charge in [0.25, 0.3) is 0 Å². The molecule has 9 nitrogen and oxygen atoms in total. The number of allylic oxidation sites excluding steroid dienone is 2. The summed E-state index contributed by atoms with van der Waals surface area (Å²) >= 11 is 6.15. The first-order valence-corrected chi connectivity index (χ1v) is 17.0. The van der Waals surface area contributed by atoms with Crippen molar-refractivity contribution in [1.82, 2.24) is 10.2 Å². The van der Waals surface area contributed by atoms with E-state index in [1.54, 1.807) is 50.8 Å². The molecule has 2 unspecified atom stereocenters. The van der Waals surface area contributed by atoms with E-state index in [1.807, 2.05) is 24.3 Å². The predicted octanol–water partition coefficient (Wildman–Crippen LogP) is 7.33. The summed E-state index contributed by atoms with van der Waals surface area (Å²) in [7, 11) is 0. The number of nitrogens with one attached hydrogen (secondary N) is 1. The van der Waals surface area contributed by atoms with Gasteiger partial charge in [-0.25, -0.2) is 4.79 Å². The topological polar surface area (TPSA) is 111 Å². The number of ether oxygens (including phenoxy) is 3. The highest BCUT2D eigenvalue weighted by atomic mass is 35.5. The van der Waals surface area contributed by atoms with Gasteiger partial charge in [0.1, 0.15) is 23.1 Å². The van der Waals surface area contributed by atoms with Crippen LogP contribution in [0.3, 0.4) is 0 Å². The SMILES string of the molecule is CCOC(=O)[C@]12CC(=O)C3Cc4cc(Oc5cccc(Cl)c5)ccc4CN3C(=O)C(NC(=O)OC(C)(C)C)CCCCC/C=C\[C@@H]1C2. The second-order valence-electron chi connectivity index (χ2n) is 13.8. The zero-order valence-corrected chi connectivity index (χ0v) is 28.4. The molecule has 252 valence electrons. The third-order valence-corrected chi connectivity index (χ3v) is 9.26. The maximum Gasteiger partial charge on any atom is 0.408 e. The molecule has 0 radical (unpaired) electrons. The van der Waals surface area contributed by atoms with E-state index in [0.717, 1.165) is 30.4 Å². The van der Waals surface area contributed by atoms with Crippen molar-refractivity contribution in [2.24, 2.45) is 11.3 Å². The molecule has 2 amide bonds. The number of benzene rings is 2. The highest BCUT2D eigenvalue weighted by Crippen LogP contribution is 2.57. The Morgan fingerprint density at radius 3 is 2.57 bits per heavy atom. The lowest BCUT2D eigenvalue weighted by molar-refractivity contribution is -0.153. The van der Waals surface area contributed by atoms with Crippen LogP contribution in [0, 0.1) is 11.3 Å². The van der Waals surface area contributed by atoms with Crippen LogP contribution in [0.25, 0.3) is 0 Å². The molecule has 2 aromatic rings. The molecule has 10 heteroatoms.